The molecule has 1 saturated heterocycles. The van der Waals surface area contributed by atoms with Gasteiger partial charge in [-0.25, -0.2) is 4.39 Å². The van der Waals surface area contributed by atoms with E-state index in [9.17, 15) is 12.8 Å². The van der Waals surface area contributed by atoms with Crippen molar-refractivity contribution >= 4 is 15.8 Å². The summed E-state index contributed by atoms with van der Waals surface area (Å²) in [5.41, 5.74) is 3.38. The lowest BCUT2D eigenvalue weighted by Gasteiger charge is -2.47. The van der Waals surface area contributed by atoms with E-state index >= 15 is 0 Å². The van der Waals surface area contributed by atoms with Crippen molar-refractivity contribution in [3.63, 3.8) is 0 Å². The van der Waals surface area contributed by atoms with Gasteiger partial charge >= 0.3 is 0 Å². The molecule has 1 aromatic rings. The van der Waals surface area contributed by atoms with Crippen LogP contribution in [0.25, 0.3) is 0 Å². The molecule has 1 aliphatic carbocycles. The Labute approximate surface area is 184 Å². The normalized spacial score (nSPS) is 30.7. The average Bonchev–Trinajstić information content (AvgIpc) is 2.70. The Hall–Kier alpha value is -1.70. The van der Waals surface area contributed by atoms with E-state index in [0.717, 1.165) is 30.3 Å². The summed E-state index contributed by atoms with van der Waals surface area (Å²) in [5.74, 6) is 0.202. The standard InChI is InChI=1S/C24H32FNO4S/c1-24(2,3)16-7-12-21-20(13-16)23-19(11-10-18(30-23)14-29-31(4,27)28)22(26-21)15-5-8-17(25)9-6-15/h5,7-9,12-13,15,18-19,22-23,26H,6,10-11,14H2,1-4H3/t15?,18-,19+,22+,23+/m1/s1. The lowest BCUT2D eigenvalue weighted by atomic mass is 9.72. The van der Waals surface area contributed by atoms with Gasteiger partial charge in [-0.1, -0.05) is 39.0 Å². The van der Waals surface area contributed by atoms with Gasteiger partial charge in [0.1, 0.15) is 5.83 Å². The van der Waals surface area contributed by atoms with Crippen LogP contribution in [0.15, 0.2) is 42.3 Å². The van der Waals surface area contributed by atoms with Crippen molar-refractivity contribution in [3.8, 4) is 0 Å². The number of benzene rings is 1. The number of allylic oxidation sites excluding steroid dienone is 3. The lowest BCUT2D eigenvalue weighted by Crippen LogP contribution is -2.47. The van der Waals surface area contributed by atoms with Crippen molar-refractivity contribution in [1.29, 1.82) is 0 Å². The summed E-state index contributed by atoms with van der Waals surface area (Å²) in [5, 5.41) is 3.72. The second-order valence-corrected chi connectivity index (χ2v) is 11.6. The smallest absolute Gasteiger partial charge is 0.264 e. The zero-order chi connectivity index (χ0) is 22.4. The van der Waals surface area contributed by atoms with Crippen LogP contribution in [0.5, 0.6) is 0 Å². The first-order valence-electron chi connectivity index (χ1n) is 11.0. The molecule has 0 radical (unpaired) electrons. The van der Waals surface area contributed by atoms with Crippen LogP contribution in [0, 0.1) is 11.8 Å². The van der Waals surface area contributed by atoms with Gasteiger partial charge in [-0.3, -0.25) is 4.18 Å². The van der Waals surface area contributed by atoms with Gasteiger partial charge in [0.2, 0.25) is 0 Å². The average molecular weight is 450 g/mol. The monoisotopic (exact) mass is 449 g/mol. The molecule has 5 atom stereocenters. The van der Waals surface area contributed by atoms with Gasteiger partial charge in [0, 0.05) is 29.1 Å². The van der Waals surface area contributed by atoms with Crippen molar-refractivity contribution in [1.82, 2.24) is 0 Å². The molecule has 2 heterocycles. The van der Waals surface area contributed by atoms with Crippen molar-refractivity contribution in [2.24, 2.45) is 11.8 Å². The molecule has 170 valence electrons. The van der Waals surface area contributed by atoms with Crippen LogP contribution in [0.2, 0.25) is 0 Å². The van der Waals surface area contributed by atoms with E-state index in [1.807, 2.05) is 6.08 Å². The van der Waals surface area contributed by atoms with Crippen LogP contribution in [0.3, 0.4) is 0 Å². The van der Waals surface area contributed by atoms with Gasteiger partial charge in [0.15, 0.2) is 0 Å². The quantitative estimate of drug-likeness (QED) is 0.654. The molecule has 1 aromatic carbocycles. The maximum absolute atomic E-state index is 13.6. The van der Waals surface area contributed by atoms with E-state index in [4.69, 9.17) is 8.92 Å². The van der Waals surface area contributed by atoms with E-state index in [1.54, 1.807) is 12.2 Å². The summed E-state index contributed by atoms with van der Waals surface area (Å²) in [4.78, 5) is 0. The Kier molecular flexibility index (Phi) is 6.05. The van der Waals surface area contributed by atoms with E-state index in [-0.39, 0.29) is 47.9 Å². The van der Waals surface area contributed by atoms with Crippen LogP contribution < -0.4 is 5.32 Å². The third-order valence-electron chi connectivity index (χ3n) is 6.57. The highest BCUT2D eigenvalue weighted by molar-refractivity contribution is 7.85. The van der Waals surface area contributed by atoms with Crippen molar-refractivity contribution in [2.45, 2.75) is 63.7 Å². The van der Waals surface area contributed by atoms with Gasteiger partial charge in [-0.2, -0.15) is 8.42 Å². The van der Waals surface area contributed by atoms with Gasteiger partial charge in [0.05, 0.1) is 25.1 Å². The number of ether oxygens (including phenoxy) is 1. The Morgan fingerprint density at radius 2 is 2.03 bits per heavy atom. The van der Waals surface area contributed by atoms with Crippen LogP contribution >= 0.6 is 0 Å². The molecule has 0 amide bonds. The molecule has 4 rings (SSSR count). The molecule has 7 heteroatoms. The zero-order valence-corrected chi connectivity index (χ0v) is 19.4. The third-order valence-corrected chi connectivity index (χ3v) is 7.14. The Morgan fingerprint density at radius 3 is 2.68 bits per heavy atom. The molecule has 5 nitrogen and oxygen atoms in total. The molecular formula is C24H32FNO4S. The molecule has 0 aromatic heterocycles. The van der Waals surface area contributed by atoms with Crippen LogP contribution in [0.4, 0.5) is 10.1 Å². The largest absolute Gasteiger partial charge is 0.381 e. The Bertz CT molecular complexity index is 995. The highest BCUT2D eigenvalue weighted by atomic mass is 32.2. The molecule has 0 spiro atoms. The molecular weight excluding hydrogens is 417 g/mol. The minimum absolute atomic E-state index is 0.00325. The van der Waals surface area contributed by atoms with Gasteiger partial charge in [-0.05, 0) is 48.5 Å². The number of fused-ring (bicyclic) bond motifs is 3. The van der Waals surface area contributed by atoms with Crippen LogP contribution in [-0.2, 0) is 24.5 Å². The number of halogens is 1. The van der Waals surface area contributed by atoms with Gasteiger partial charge < -0.3 is 10.1 Å². The summed E-state index contributed by atoms with van der Waals surface area (Å²) >= 11 is 0. The van der Waals surface area contributed by atoms with Crippen molar-refractivity contribution in [2.75, 3.05) is 18.2 Å². The zero-order valence-electron chi connectivity index (χ0n) is 18.6. The summed E-state index contributed by atoms with van der Waals surface area (Å²) in [6, 6.07) is 6.59. The fourth-order valence-corrected chi connectivity index (χ4v) is 5.28. The van der Waals surface area contributed by atoms with Gasteiger partial charge in [0.25, 0.3) is 10.1 Å². The van der Waals surface area contributed by atoms with E-state index in [2.05, 4.69) is 44.3 Å². The summed E-state index contributed by atoms with van der Waals surface area (Å²) < 4.78 is 48.0. The number of nitrogens with one attached hydrogen (secondary N) is 1. The molecule has 31 heavy (non-hydrogen) atoms. The summed E-state index contributed by atoms with van der Waals surface area (Å²) in [7, 11) is -3.52. The first kappa shape index (κ1) is 22.5. The summed E-state index contributed by atoms with van der Waals surface area (Å²) in [6.07, 6.45) is 8.04. The first-order chi connectivity index (χ1) is 14.5. The summed E-state index contributed by atoms with van der Waals surface area (Å²) in [6.45, 7) is 6.59. The maximum Gasteiger partial charge on any atom is 0.264 e. The molecule has 0 bridgehead atoms. The molecule has 1 N–H and O–H groups in total. The Morgan fingerprint density at radius 1 is 1.26 bits per heavy atom. The number of hydrogen-bond acceptors (Lipinski definition) is 5. The van der Waals surface area contributed by atoms with E-state index in [0.29, 0.717) is 6.42 Å². The molecule has 3 aliphatic rings. The predicted molar refractivity (Wildman–Crippen MR) is 120 cm³/mol. The predicted octanol–water partition coefficient (Wildman–Crippen LogP) is 5.02. The fourth-order valence-electron chi connectivity index (χ4n) is 4.88. The van der Waals surface area contributed by atoms with Crippen molar-refractivity contribution in [3.05, 3.63) is 53.4 Å². The first-order valence-corrected chi connectivity index (χ1v) is 12.8. The number of anilines is 1. The Balaban J connectivity index is 1.65. The fraction of sp³-hybridized carbons (Fsp3) is 0.583. The highest BCUT2D eigenvalue weighted by Gasteiger charge is 2.44. The third kappa shape index (κ3) is 5.04. The number of rotatable bonds is 4. The molecule has 2 aliphatic heterocycles. The minimum Gasteiger partial charge on any atom is -0.381 e. The lowest BCUT2D eigenvalue weighted by molar-refractivity contribution is -0.108. The number of hydrogen-bond donors (Lipinski definition) is 1. The SMILES string of the molecule is CC(C)(C)c1ccc2c(c1)[C@H]1O[C@@H](COS(C)(=O)=O)CC[C@H]1[C@H](C1C=CC(F)=CC1)N2. The minimum atomic E-state index is -3.52. The van der Waals surface area contributed by atoms with E-state index in [1.165, 1.54) is 5.56 Å². The maximum atomic E-state index is 13.6. The second kappa shape index (κ2) is 8.34. The van der Waals surface area contributed by atoms with Crippen LogP contribution in [0.1, 0.15) is 57.3 Å². The molecule has 0 saturated carbocycles. The molecule has 1 fully saturated rings. The topological polar surface area (TPSA) is 64.6 Å². The second-order valence-electron chi connectivity index (χ2n) is 9.98. The molecule has 1 unspecified atom stereocenters. The highest BCUT2D eigenvalue weighted by Crippen LogP contribution is 2.49. The van der Waals surface area contributed by atoms with Crippen LogP contribution in [-0.4, -0.2) is 33.4 Å². The van der Waals surface area contributed by atoms with Crippen molar-refractivity contribution < 1.29 is 21.7 Å². The van der Waals surface area contributed by atoms with E-state index < -0.39 is 10.1 Å². The van der Waals surface area contributed by atoms with Gasteiger partial charge in [-0.15, -0.1) is 0 Å².